The highest BCUT2D eigenvalue weighted by atomic mass is 32.2. The summed E-state index contributed by atoms with van der Waals surface area (Å²) in [6.45, 7) is 0. The summed E-state index contributed by atoms with van der Waals surface area (Å²) in [5, 5.41) is 3.75. The lowest BCUT2D eigenvalue weighted by atomic mass is 9.76. The maximum atomic E-state index is 14.0. The van der Waals surface area contributed by atoms with Crippen molar-refractivity contribution in [3.63, 3.8) is 0 Å². The molecule has 2 heterocycles. The first-order valence-corrected chi connectivity index (χ1v) is 11.2. The number of aromatic nitrogens is 2. The van der Waals surface area contributed by atoms with Crippen molar-refractivity contribution in [1.82, 2.24) is 9.97 Å². The molecule has 2 aromatic carbocycles. The van der Waals surface area contributed by atoms with E-state index in [2.05, 4.69) is 15.3 Å². The van der Waals surface area contributed by atoms with Gasteiger partial charge in [-0.05, 0) is 36.1 Å². The molecule has 0 bridgehead atoms. The molecule has 0 spiro atoms. The van der Waals surface area contributed by atoms with Gasteiger partial charge in [-0.3, -0.25) is 9.59 Å². The second-order valence-electron chi connectivity index (χ2n) is 7.69. The molecule has 0 fully saturated rings. The van der Waals surface area contributed by atoms with Crippen molar-refractivity contribution in [3.05, 3.63) is 98.7 Å². The van der Waals surface area contributed by atoms with Crippen molar-refractivity contribution in [2.45, 2.75) is 36.1 Å². The third-order valence-electron chi connectivity index (χ3n) is 5.64. The van der Waals surface area contributed by atoms with Gasteiger partial charge in [-0.1, -0.05) is 54.2 Å². The van der Waals surface area contributed by atoms with Crippen LogP contribution in [-0.2, 0) is 10.5 Å². The number of halogens is 1. The van der Waals surface area contributed by atoms with Gasteiger partial charge in [-0.2, -0.15) is 0 Å². The number of benzene rings is 2. The average Bonchev–Trinajstić information content (AvgIpc) is 2.77. The van der Waals surface area contributed by atoms with E-state index in [4.69, 9.17) is 0 Å². The van der Waals surface area contributed by atoms with E-state index in [1.807, 2.05) is 30.3 Å². The number of ketones is 1. The quantitative estimate of drug-likeness (QED) is 0.458. The number of thioether (sulfide) groups is 1. The predicted molar refractivity (Wildman–Crippen MR) is 119 cm³/mol. The first-order chi connectivity index (χ1) is 15.1. The number of allylic oxidation sites excluding steroid dienone is 2. The van der Waals surface area contributed by atoms with Crippen molar-refractivity contribution < 1.29 is 9.18 Å². The third kappa shape index (κ3) is 3.81. The first-order valence-electron chi connectivity index (χ1n) is 10.2. The molecule has 5 rings (SSSR count). The smallest absolute Gasteiger partial charge is 0.257 e. The summed E-state index contributed by atoms with van der Waals surface area (Å²) in [6, 6.07) is 16.0. The maximum Gasteiger partial charge on any atom is 0.257 e. The van der Waals surface area contributed by atoms with E-state index in [9.17, 15) is 14.0 Å². The van der Waals surface area contributed by atoms with E-state index >= 15 is 0 Å². The summed E-state index contributed by atoms with van der Waals surface area (Å²) in [6.07, 6.45) is 1.87. The lowest BCUT2D eigenvalue weighted by Gasteiger charge is -2.32. The maximum absolute atomic E-state index is 14.0. The van der Waals surface area contributed by atoms with E-state index in [0.717, 1.165) is 17.7 Å². The molecule has 0 saturated carbocycles. The number of carbonyl (C=O) groups excluding carboxylic acids is 1. The number of Topliss-reactive ketones (excluding diaryl/α,β-unsaturated/α-hetero) is 1. The standard InChI is InChI=1S/C24H20FN3O2S/c25-16-9-4-8-15(12-16)19-20-17(10-5-11-18(20)29)26-22-21(19)23(30)28-24(27-22)31-13-14-6-2-1-3-7-14/h1-4,6-9,12,19H,5,10-11,13H2,(H2,26,27,28,30)/t19-/m1/s1. The Morgan fingerprint density at radius 3 is 2.71 bits per heavy atom. The average molecular weight is 434 g/mol. The highest BCUT2D eigenvalue weighted by molar-refractivity contribution is 7.98. The number of fused-ring (bicyclic) bond motifs is 1. The largest absolute Gasteiger partial charge is 0.343 e. The van der Waals surface area contributed by atoms with Gasteiger partial charge in [-0.15, -0.1) is 0 Å². The molecule has 5 nitrogen and oxygen atoms in total. The second-order valence-corrected chi connectivity index (χ2v) is 8.65. The van der Waals surface area contributed by atoms with Crippen LogP contribution in [0.25, 0.3) is 0 Å². The van der Waals surface area contributed by atoms with Gasteiger partial charge in [0.2, 0.25) is 0 Å². The van der Waals surface area contributed by atoms with Gasteiger partial charge < -0.3 is 10.3 Å². The number of hydrogen-bond donors (Lipinski definition) is 2. The van der Waals surface area contributed by atoms with Crippen molar-refractivity contribution >= 4 is 23.4 Å². The normalized spacial score (nSPS) is 17.7. The Kier molecular flexibility index (Phi) is 5.19. The van der Waals surface area contributed by atoms with E-state index in [1.165, 1.54) is 23.9 Å². The minimum atomic E-state index is -0.626. The summed E-state index contributed by atoms with van der Waals surface area (Å²) in [7, 11) is 0. The second kappa shape index (κ2) is 8.15. The van der Waals surface area contributed by atoms with Crippen molar-refractivity contribution in [2.75, 3.05) is 5.32 Å². The Bertz CT molecular complexity index is 1250. The number of anilines is 1. The SMILES string of the molecule is O=C1CCCC2=C1[C@@H](c1cccc(F)c1)c1c(nc(SCc3ccccc3)[nH]c1=O)N2. The fraction of sp³-hybridized carbons (Fsp3) is 0.208. The Morgan fingerprint density at radius 1 is 1.06 bits per heavy atom. The molecule has 0 saturated heterocycles. The molecule has 3 aromatic rings. The molecule has 31 heavy (non-hydrogen) atoms. The first kappa shape index (κ1) is 19.8. The molecule has 2 N–H and O–H groups in total. The van der Waals surface area contributed by atoms with E-state index < -0.39 is 11.7 Å². The molecule has 156 valence electrons. The topological polar surface area (TPSA) is 74.8 Å². The van der Waals surface area contributed by atoms with Gasteiger partial charge in [0.1, 0.15) is 11.6 Å². The van der Waals surface area contributed by atoms with Crippen LogP contribution in [0, 0.1) is 5.82 Å². The highest BCUT2D eigenvalue weighted by Crippen LogP contribution is 2.43. The summed E-state index contributed by atoms with van der Waals surface area (Å²) >= 11 is 1.44. The van der Waals surface area contributed by atoms with Gasteiger partial charge >= 0.3 is 0 Å². The van der Waals surface area contributed by atoms with Crippen molar-refractivity contribution in [3.8, 4) is 0 Å². The summed E-state index contributed by atoms with van der Waals surface area (Å²) in [4.78, 5) is 33.5. The van der Waals surface area contributed by atoms with E-state index in [0.29, 0.717) is 46.3 Å². The molecular formula is C24H20FN3O2S. The zero-order valence-corrected chi connectivity index (χ0v) is 17.5. The molecule has 7 heteroatoms. The molecule has 1 aromatic heterocycles. The number of nitrogens with zero attached hydrogens (tertiary/aromatic N) is 1. The summed E-state index contributed by atoms with van der Waals surface area (Å²) in [5.41, 5.74) is 3.11. The minimum absolute atomic E-state index is 0.00408. The number of hydrogen-bond acceptors (Lipinski definition) is 5. The Hall–Kier alpha value is -3.19. The highest BCUT2D eigenvalue weighted by Gasteiger charge is 2.37. The monoisotopic (exact) mass is 433 g/mol. The van der Waals surface area contributed by atoms with Gasteiger partial charge in [0, 0.05) is 29.4 Å². The van der Waals surface area contributed by atoms with Gasteiger partial charge in [0.05, 0.1) is 5.56 Å². The van der Waals surface area contributed by atoms with Gasteiger partial charge in [0.15, 0.2) is 10.9 Å². The lowest BCUT2D eigenvalue weighted by molar-refractivity contribution is -0.116. The van der Waals surface area contributed by atoms with Crippen LogP contribution in [-0.4, -0.2) is 15.8 Å². The van der Waals surface area contributed by atoms with Crippen LogP contribution in [0.15, 0.2) is 75.8 Å². The van der Waals surface area contributed by atoms with Crippen LogP contribution >= 0.6 is 11.8 Å². The number of H-pyrrole nitrogens is 1. The van der Waals surface area contributed by atoms with Gasteiger partial charge in [-0.25, -0.2) is 9.37 Å². The summed E-state index contributed by atoms with van der Waals surface area (Å²) in [5.74, 6) is 0.0849. The third-order valence-corrected chi connectivity index (χ3v) is 6.58. The van der Waals surface area contributed by atoms with Gasteiger partial charge in [0.25, 0.3) is 5.56 Å². The molecule has 0 radical (unpaired) electrons. The van der Waals surface area contributed by atoms with Crippen LogP contribution in [0.5, 0.6) is 0 Å². The number of aromatic amines is 1. The Labute approximate surface area is 182 Å². The number of rotatable bonds is 4. The zero-order valence-electron chi connectivity index (χ0n) is 16.7. The predicted octanol–water partition coefficient (Wildman–Crippen LogP) is 4.77. The fourth-order valence-corrected chi connectivity index (χ4v) is 5.07. The van der Waals surface area contributed by atoms with Crippen LogP contribution in [0.3, 0.4) is 0 Å². The molecule has 2 aliphatic rings. The Morgan fingerprint density at radius 2 is 1.90 bits per heavy atom. The number of nitrogens with one attached hydrogen (secondary N) is 2. The molecule has 0 unspecified atom stereocenters. The Balaban J connectivity index is 1.58. The number of carbonyl (C=O) groups is 1. The molecule has 1 atom stereocenters. The molecule has 1 aliphatic heterocycles. The van der Waals surface area contributed by atoms with Crippen LogP contribution in [0.1, 0.15) is 41.9 Å². The van der Waals surface area contributed by atoms with Crippen molar-refractivity contribution in [1.29, 1.82) is 0 Å². The lowest BCUT2D eigenvalue weighted by Crippen LogP contribution is -2.32. The molecule has 0 amide bonds. The van der Waals surface area contributed by atoms with Crippen LogP contribution in [0.2, 0.25) is 0 Å². The van der Waals surface area contributed by atoms with E-state index in [-0.39, 0.29) is 11.3 Å². The van der Waals surface area contributed by atoms with Crippen molar-refractivity contribution in [2.24, 2.45) is 0 Å². The van der Waals surface area contributed by atoms with Crippen LogP contribution < -0.4 is 10.9 Å². The van der Waals surface area contributed by atoms with E-state index in [1.54, 1.807) is 12.1 Å². The van der Waals surface area contributed by atoms with Crippen LogP contribution in [0.4, 0.5) is 10.2 Å². The fourth-order valence-electron chi connectivity index (χ4n) is 4.25. The zero-order chi connectivity index (χ0) is 21.4. The molecule has 1 aliphatic carbocycles. The molecular weight excluding hydrogens is 413 g/mol. The summed E-state index contributed by atoms with van der Waals surface area (Å²) < 4.78 is 14.0. The minimum Gasteiger partial charge on any atom is -0.343 e.